The summed E-state index contributed by atoms with van der Waals surface area (Å²) in [6.45, 7) is 4.16. The predicted molar refractivity (Wildman–Crippen MR) is 128 cm³/mol. The maximum Gasteiger partial charge on any atom is 0.255 e. The molecule has 164 valence electrons. The number of aromatic nitrogens is 2. The van der Waals surface area contributed by atoms with Crippen molar-refractivity contribution >= 4 is 23.2 Å². The van der Waals surface area contributed by atoms with Gasteiger partial charge in [-0.15, -0.1) is 0 Å². The number of carbonyl (C=O) groups is 1. The number of aryl methyl sites for hydroxylation is 1. The molecule has 33 heavy (non-hydrogen) atoms. The van der Waals surface area contributed by atoms with E-state index in [2.05, 4.69) is 16.5 Å². The number of ether oxygens (including phenoxy) is 1. The SMILES string of the molecule is Cc1nn(-c2ccc(NC(=O)c3ccc(OCc4ccc(C#N)cc4)cc3)cc2)c(C)c1Cl. The molecule has 4 rings (SSSR count). The van der Waals surface area contributed by atoms with Crippen LogP contribution in [0, 0.1) is 25.2 Å². The average Bonchev–Trinajstić information content (AvgIpc) is 3.11. The highest BCUT2D eigenvalue weighted by Gasteiger charge is 2.11. The van der Waals surface area contributed by atoms with Gasteiger partial charge in [0, 0.05) is 11.3 Å². The zero-order chi connectivity index (χ0) is 23.4. The molecule has 0 unspecified atom stereocenters. The van der Waals surface area contributed by atoms with Crippen LogP contribution in [0.5, 0.6) is 5.75 Å². The van der Waals surface area contributed by atoms with E-state index in [1.165, 1.54) is 0 Å². The molecule has 1 N–H and O–H groups in total. The van der Waals surface area contributed by atoms with E-state index >= 15 is 0 Å². The summed E-state index contributed by atoms with van der Waals surface area (Å²) in [4.78, 5) is 12.6. The largest absolute Gasteiger partial charge is 0.489 e. The molecule has 1 heterocycles. The van der Waals surface area contributed by atoms with Crippen LogP contribution in [0.25, 0.3) is 5.69 Å². The molecule has 0 saturated heterocycles. The first-order valence-electron chi connectivity index (χ1n) is 10.3. The molecule has 0 atom stereocenters. The third-order valence-corrected chi connectivity index (χ3v) is 5.72. The van der Waals surface area contributed by atoms with Crippen molar-refractivity contribution in [2.75, 3.05) is 5.32 Å². The second-order valence-corrected chi connectivity index (χ2v) is 7.90. The number of nitrogens with one attached hydrogen (secondary N) is 1. The van der Waals surface area contributed by atoms with Gasteiger partial charge in [-0.25, -0.2) is 4.68 Å². The maximum atomic E-state index is 12.6. The molecule has 0 aliphatic heterocycles. The van der Waals surface area contributed by atoms with Crippen molar-refractivity contribution in [1.82, 2.24) is 9.78 Å². The number of carbonyl (C=O) groups excluding carboxylic acids is 1. The molecule has 3 aromatic carbocycles. The molecule has 1 aromatic heterocycles. The van der Waals surface area contributed by atoms with Crippen molar-refractivity contribution in [3.8, 4) is 17.5 Å². The molecule has 0 radical (unpaired) electrons. The second kappa shape index (κ2) is 9.60. The minimum Gasteiger partial charge on any atom is -0.489 e. The molecular formula is C26H21ClN4O2. The predicted octanol–water partition coefficient (Wildman–Crippen LogP) is 5.85. The first-order chi connectivity index (χ1) is 15.9. The third-order valence-electron chi connectivity index (χ3n) is 5.18. The van der Waals surface area contributed by atoms with Gasteiger partial charge in [0.05, 0.1) is 33.7 Å². The van der Waals surface area contributed by atoms with E-state index in [0.29, 0.717) is 34.2 Å². The minimum absolute atomic E-state index is 0.212. The lowest BCUT2D eigenvalue weighted by atomic mass is 10.1. The third kappa shape index (κ3) is 5.05. The van der Waals surface area contributed by atoms with Gasteiger partial charge < -0.3 is 10.1 Å². The van der Waals surface area contributed by atoms with Crippen molar-refractivity contribution in [3.63, 3.8) is 0 Å². The number of benzene rings is 3. The van der Waals surface area contributed by atoms with Crippen molar-refractivity contribution in [2.45, 2.75) is 20.5 Å². The Labute approximate surface area is 197 Å². The Bertz CT molecular complexity index is 1320. The van der Waals surface area contributed by atoms with E-state index in [0.717, 1.165) is 22.6 Å². The number of halogens is 1. The van der Waals surface area contributed by atoms with E-state index in [-0.39, 0.29) is 5.91 Å². The number of nitriles is 1. The van der Waals surface area contributed by atoms with Crippen LogP contribution in [-0.2, 0) is 6.61 Å². The summed E-state index contributed by atoms with van der Waals surface area (Å²) in [5, 5.41) is 16.8. The Morgan fingerprint density at radius 3 is 2.27 bits per heavy atom. The number of hydrogen-bond donors (Lipinski definition) is 1. The number of rotatable bonds is 6. The molecule has 6 nitrogen and oxygen atoms in total. The zero-order valence-corrected chi connectivity index (χ0v) is 18.9. The van der Waals surface area contributed by atoms with Crippen LogP contribution in [0.3, 0.4) is 0 Å². The molecule has 0 bridgehead atoms. The molecule has 0 spiro atoms. The molecule has 0 aliphatic rings. The highest BCUT2D eigenvalue weighted by Crippen LogP contribution is 2.23. The van der Waals surface area contributed by atoms with Crippen LogP contribution < -0.4 is 10.1 Å². The Balaban J connectivity index is 1.36. The molecule has 7 heteroatoms. The minimum atomic E-state index is -0.212. The standard InChI is InChI=1S/C26H21ClN4O2/c1-17-25(27)18(2)31(30-17)23-11-9-22(10-12-23)29-26(32)21-7-13-24(14-8-21)33-16-20-5-3-19(15-28)4-6-20/h3-14H,16H2,1-2H3,(H,29,32). The van der Waals surface area contributed by atoms with Gasteiger partial charge in [0.25, 0.3) is 5.91 Å². The van der Waals surface area contributed by atoms with Gasteiger partial charge >= 0.3 is 0 Å². The van der Waals surface area contributed by atoms with Crippen LogP contribution in [0.4, 0.5) is 5.69 Å². The first kappa shape index (κ1) is 22.1. The molecule has 1 amide bonds. The van der Waals surface area contributed by atoms with Gasteiger partial charge in [-0.1, -0.05) is 23.7 Å². The van der Waals surface area contributed by atoms with E-state index < -0.39 is 0 Å². The summed E-state index contributed by atoms with van der Waals surface area (Å²) < 4.78 is 7.54. The molecule has 4 aromatic rings. The van der Waals surface area contributed by atoms with Crippen LogP contribution >= 0.6 is 11.6 Å². The number of hydrogen-bond acceptors (Lipinski definition) is 4. The Kier molecular flexibility index (Phi) is 6.43. The van der Waals surface area contributed by atoms with Crippen LogP contribution in [-0.4, -0.2) is 15.7 Å². The summed E-state index contributed by atoms with van der Waals surface area (Å²) in [5.74, 6) is 0.444. The smallest absolute Gasteiger partial charge is 0.255 e. The highest BCUT2D eigenvalue weighted by atomic mass is 35.5. The normalized spacial score (nSPS) is 10.5. The van der Waals surface area contributed by atoms with Crippen LogP contribution in [0.2, 0.25) is 5.02 Å². The first-order valence-corrected chi connectivity index (χ1v) is 10.7. The number of amides is 1. The van der Waals surface area contributed by atoms with Crippen LogP contribution in [0.15, 0.2) is 72.8 Å². The quantitative estimate of drug-likeness (QED) is 0.395. The summed E-state index contributed by atoms with van der Waals surface area (Å²) in [5.41, 5.74) is 5.28. The summed E-state index contributed by atoms with van der Waals surface area (Å²) in [6, 6.07) is 23.7. The Morgan fingerprint density at radius 2 is 1.70 bits per heavy atom. The Morgan fingerprint density at radius 1 is 1.03 bits per heavy atom. The number of nitrogens with zero attached hydrogens (tertiary/aromatic N) is 3. The lowest BCUT2D eigenvalue weighted by molar-refractivity contribution is 0.102. The fourth-order valence-corrected chi connectivity index (χ4v) is 3.43. The fraction of sp³-hybridized carbons (Fsp3) is 0.115. The average molecular weight is 457 g/mol. The van der Waals surface area contributed by atoms with Gasteiger partial charge in [-0.2, -0.15) is 10.4 Å². The zero-order valence-electron chi connectivity index (χ0n) is 18.2. The fourth-order valence-electron chi connectivity index (χ4n) is 3.31. The summed E-state index contributed by atoms with van der Waals surface area (Å²) >= 11 is 6.23. The highest BCUT2D eigenvalue weighted by molar-refractivity contribution is 6.31. The molecule has 0 saturated carbocycles. The van der Waals surface area contributed by atoms with E-state index in [9.17, 15) is 4.79 Å². The maximum absolute atomic E-state index is 12.6. The lowest BCUT2D eigenvalue weighted by Gasteiger charge is -2.09. The topological polar surface area (TPSA) is 79.9 Å². The van der Waals surface area contributed by atoms with E-state index in [4.69, 9.17) is 21.6 Å². The van der Waals surface area contributed by atoms with Gasteiger partial charge in [0.1, 0.15) is 12.4 Å². The van der Waals surface area contributed by atoms with Gasteiger partial charge in [-0.3, -0.25) is 4.79 Å². The van der Waals surface area contributed by atoms with Gasteiger partial charge in [0.2, 0.25) is 0 Å². The summed E-state index contributed by atoms with van der Waals surface area (Å²) in [7, 11) is 0. The van der Waals surface area contributed by atoms with E-state index in [1.54, 1.807) is 41.1 Å². The lowest BCUT2D eigenvalue weighted by Crippen LogP contribution is -2.12. The van der Waals surface area contributed by atoms with E-state index in [1.807, 2.05) is 50.2 Å². The molecule has 0 aliphatic carbocycles. The Hall–Kier alpha value is -4.08. The monoisotopic (exact) mass is 456 g/mol. The van der Waals surface area contributed by atoms with Crippen molar-refractivity contribution in [1.29, 1.82) is 5.26 Å². The van der Waals surface area contributed by atoms with Crippen molar-refractivity contribution < 1.29 is 9.53 Å². The van der Waals surface area contributed by atoms with Crippen LogP contribution in [0.1, 0.15) is 32.9 Å². The van der Waals surface area contributed by atoms with Crippen molar-refractivity contribution in [3.05, 3.63) is 106 Å². The molecule has 0 fully saturated rings. The second-order valence-electron chi connectivity index (χ2n) is 7.52. The van der Waals surface area contributed by atoms with Crippen molar-refractivity contribution in [2.24, 2.45) is 0 Å². The summed E-state index contributed by atoms with van der Waals surface area (Å²) in [6.07, 6.45) is 0. The molecular weight excluding hydrogens is 436 g/mol. The van der Waals surface area contributed by atoms with Gasteiger partial charge in [-0.05, 0) is 80.1 Å². The van der Waals surface area contributed by atoms with Gasteiger partial charge in [0.15, 0.2) is 0 Å². The number of anilines is 1.